The van der Waals surface area contributed by atoms with Crippen molar-refractivity contribution in [3.63, 3.8) is 0 Å². The molecule has 2 aromatic carbocycles. The minimum atomic E-state index is -0.226. The van der Waals surface area contributed by atoms with E-state index in [1.807, 2.05) is 36.4 Å². The molecule has 5 heteroatoms. The number of hydrogen-bond acceptors (Lipinski definition) is 4. The van der Waals surface area contributed by atoms with Crippen LogP contribution in [-0.4, -0.2) is 28.4 Å². The van der Waals surface area contributed by atoms with Gasteiger partial charge in [0.2, 0.25) is 0 Å². The van der Waals surface area contributed by atoms with Crippen molar-refractivity contribution in [3.05, 3.63) is 52.8 Å². The molecule has 0 saturated carbocycles. The lowest BCUT2D eigenvalue weighted by molar-refractivity contribution is 0.477. The maximum Gasteiger partial charge on any atom is 0.272 e. The van der Waals surface area contributed by atoms with Gasteiger partial charge in [-0.3, -0.25) is 4.79 Å². The summed E-state index contributed by atoms with van der Waals surface area (Å²) < 4.78 is 0. The van der Waals surface area contributed by atoms with Gasteiger partial charge in [-0.05, 0) is 31.0 Å². The first kappa shape index (κ1) is 19.0. The summed E-state index contributed by atoms with van der Waals surface area (Å²) in [6.45, 7) is 6.33. The second-order valence-corrected chi connectivity index (χ2v) is 6.84. The monoisotopic (exact) mass is 365 g/mol. The summed E-state index contributed by atoms with van der Waals surface area (Å²) in [5.74, 6) is 0.176. The lowest BCUT2D eigenvalue weighted by Gasteiger charge is -2.25. The van der Waals surface area contributed by atoms with E-state index in [9.17, 15) is 9.90 Å². The summed E-state index contributed by atoms with van der Waals surface area (Å²) in [7, 11) is 0. The minimum absolute atomic E-state index is 0.176. The van der Waals surface area contributed by atoms with E-state index in [4.69, 9.17) is 0 Å². The molecule has 0 aliphatic rings. The number of benzene rings is 2. The van der Waals surface area contributed by atoms with Gasteiger partial charge in [-0.2, -0.15) is 5.10 Å². The quantitative estimate of drug-likeness (QED) is 0.607. The van der Waals surface area contributed by atoms with E-state index in [0.29, 0.717) is 16.6 Å². The standard InChI is InChI=1S/C22H27N3O2/c1-3-5-13-25(14-6-4-2)16-11-12-19(20(26)15-16)21-17-9-7-8-10-18(17)22(27)24-23-21/h7-12,15,26H,3-6,13-14H2,1-2H3,(H,24,27). The van der Waals surface area contributed by atoms with Crippen molar-refractivity contribution >= 4 is 16.5 Å². The minimum Gasteiger partial charge on any atom is -0.507 e. The van der Waals surface area contributed by atoms with E-state index in [2.05, 4.69) is 28.9 Å². The van der Waals surface area contributed by atoms with E-state index < -0.39 is 0 Å². The molecule has 0 unspecified atom stereocenters. The summed E-state index contributed by atoms with van der Waals surface area (Å²) >= 11 is 0. The van der Waals surface area contributed by atoms with E-state index in [1.165, 1.54) is 0 Å². The third kappa shape index (κ3) is 4.13. The van der Waals surface area contributed by atoms with Gasteiger partial charge in [-0.1, -0.05) is 44.9 Å². The van der Waals surface area contributed by atoms with Crippen LogP contribution in [0, 0.1) is 0 Å². The van der Waals surface area contributed by atoms with Crippen LogP contribution in [0.3, 0.4) is 0 Å². The number of phenolic OH excluding ortho intramolecular Hbond substituents is 1. The summed E-state index contributed by atoms with van der Waals surface area (Å²) in [6.07, 6.45) is 4.52. The zero-order valence-electron chi connectivity index (χ0n) is 16.0. The molecule has 0 radical (unpaired) electrons. The van der Waals surface area contributed by atoms with Crippen LogP contribution in [0.5, 0.6) is 5.75 Å². The average Bonchev–Trinajstić information content (AvgIpc) is 2.69. The van der Waals surface area contributed by atoms with Crippen molar-refractivity contribution in [2.75, 3.05) is 18.0 Å². The van der Waals surface area contributed by atoms with Crippen LogP contribution in [0.15, 0.2) is 47.3 Å². The topological polar surface area (TPSA) is 69.2 Å². The van der Waals surface area contributed by atoms with Crippen LogP contribution < -0.4 is 10.5 Å². The Balaban J connectivity index is 2.00. The predicted octanol–water partition coefficient (Wildman–Crippen LogP) is 4.70. The maximum absolute atomic E-state index is 12.0. The number of hydrogen-bond donors (Lipinski definition) is 2. The lowest BCUT2D eigenvalue weighted by atomic mass is 10.0. The number of unbranched alkanes of at least 4 members (excludes halogenated alkanes) is 2. The van der Waals surface area contributed by atoms with Crippen molar-refractivity contribution in [2.24, 2.45) is 0 Å². The number of phenols is 1. The number of nitrogens with one attached hydrogen (secondary N) is 1. The highest BCUT2D eigenvalue weighted by Gasteiger charge is 2.14. The van der Waals surface area contributed by atoms with Crippen LogP contribution in [0.4, 0.5) is 5.69 Å². The van der Waals surface area contributed by atoms with Crippen molar-refractivity contribution in [3.8, 4) is 17.0 Å². The highest BCUT2D eigenvalue weighted by atomic mass is 16.3. The van der Waals surface area contributed by atoms with Gasteiger partial charge < -0.3 is 10.0 Å². The van der Waals surface area contributed by atoms with Gasteiger partial charge in [0.1, 0.15) is 11.4 Å². The van der Waals surface area contributed by atoms with E-state index >= 15 is 0 Å². The molecule has 5 nitrogen and oxygen atoms in total. The summed E-state index contributed by atoms with van der Waals surface area (Å²) in [4.78, 5) is 14.3. The molecule has 142 valence electrons. The van der Waals surface area contributed by atoms with Crippen LogP contribution in [-0.2, 0) is 0 Å². The van der Waals surface area contributed by atoms with Gasteiger partial charge in [0.05, 0.1) is 5.39 Å². The number of anilines is 1. The number of H-pyrrole nitrogens is 1. The Labute approximate surface area is 159 Å². The molecule has 2 N–H and O–H groups in total. The molecule has 0 amide bonds. The first-order valence-electron chi connectivity index (χ1n) is 9.71. The third-order valence-electron chi connectivity index (χ3n) is 4.86. The fraction of sp³-hybridized carbons (Fsp3) is 0.364. The number of rotatable bonds is 8. The summed E-state index contributed by atoms with van der Waals surface area (Å²) in [5, 5.41) is 18.8. The molecular formula is C22H27N3O2. The molecular weight excluding hydrogens is 338 g/mol. The normalized spacial score (nSPS) is 11.0. The highest BCUT2D eigenvalue weighted by molar-refractivity contribution is 5.95. The van der Waals surface area contributed by atoms with Crippen molar-refractivity contribution in [1.29, 1.82) is 0 Å². The third-order valence-corrected chi connectivity index (χ3v) is 4.86. The van der Waals surface area contributed by atoms with Crippen LogP contribution in [0.25, 0.3) is 22.0 Å². The van der Waals surface area contributed by atoms with Gasteiger partial charge in [0.15, 0.2) is 0 Å². The van der Waals surface area contributed by atoms with Gasteiger partial charge in [-0.15, -0.1) is 0 Å². The molecule has 0 aliphatic heterocycles. The zero-order chi connectivity index (χ0) is 19.2. The van der Waals surface area contributed by atoms with Gasteiger partial charge in [0.25, 0.3) is 5.56 Å². The average molecular weight is 365 g/mol. The van der Waals surface area contributed by atoms with Gasteiger partial charge in [0, 0.05) is 35.8 Å². The van der Waals surface area contributed by atoms with Crippen LogP contribution in [0.1, 0.15) is 39.5 Å². The Morgan fingerprint density at radius 1 is 1.00 bits per heavy atom. The molecule has 0 saturated heterocycles. The Bertz CT molecular complexity index is 957. The molecule has 1 heterocycles. The summed E-state index contributed by atoms with van der Waals surface area (Å²) in [6, 6.07) is 13.0. The fourth-order valence-electron chi connectivity index (χ4n) is 3.30. The molecule has 0 spiro atoms. The second kappa shape index (κ2) is 8.71. The molecule has 0 bridgehead atoms. The van der Waals surface area contributed by atoms with E-state index in [-0.39, 0.29) is 11.3 Å². The van der Waals surface area contributed by atoms with Crippen LogP contribution in [0.2, 0.25) is 0 Å². The number of aromatic amines is 1. The molecule has 0 aliphatic carbocycles. The zero-order valence-corrected chi connectivity index (χ0v) is 16.0. The van der Waals surface area contributed by atoms with Crippen molar-refractivity contribution < 1.29 is 5.11 Å². The van der Waals surface area contributed by atoms with Gasteiger partial charge >= 0.3 is 0 Å². The van der Waals surface area contributed by atoms with Gasteiger partial charge in [-0.25, -0.2) is 5.10 Å². The molecule has 3 rings (SSSR count). The molecule has 1 aromatic heterocycles. The number of aromatic nitrogens is 2. The Hall–Kier alpha value is -2.82. The number of nitrogens with zero attached hydrogens (tertiary/aromatic N) is 2. The Morgan fingerprint density at radius 3 is 2.30 bits per heavy atom. The van der Waals surface area contributed by atoms with Crippen molar-refractivity contribution in [1.82, 2.24) is 10.2 Å². The molecule has 0 fully saturated rings. The first-order chi connectivity index (χ1) is 13.2. The van der Waals surface area contributed by atoms with Crippen LogP contribution >= 0.6 is 0 Å². The predicted molar refractivity (Wildman–Crippen MR) is 111 cm³/mol. The second-order valence-electron chi connectivity index (χ2n) is 6.84. The number of aromatic hydroxyl groups is 1. The van der Waals surface area contributed by atoms with E-state index in [1.54, 1.807) is 6.07 Å². The molecule has 0 atom stereocenters. The smallest absolute Gasteiger partial charge is 0.272 e. The molecule has 3 aromatic rings. The summed E-state index contributed by atoms with van der Waals surface area (Å²) in [5.41, 5.74) is 2.00. The molecule has 27 heavy (non-hydrogen) atoms. The highest BCUT2D eigenvalue weighted by Crippen LogP contribution is 2.34. The lowest BCUT2D eigenvalue weighted by Crippen LogP contribution is -2.25. The first-order valence-corrected chi connectivity index (χ1v) is 9.71. The fourth-order valence-corrected chi connectivity index (χ4v) is 3.30. The SMILES string of the molecule is CCCCN(CCCC)c1ccc(-c2n[nH]c(=O)c3ccccc23)c(O)c1. The Morgan fingerprint density at radius 2 is 1.67 bits per heavy atom. The number of fused-ring (bicyclic) bond motifs is 1. The Kier molecular flexibility index (Phi) is 6.12. The largest absolute Gasteiger partial charge is 0.507 e. The maximum atomic E-state index is 12.0. The van der Waals surface area contributed by atoms with E-state index in [0.717, 1.165) is 49.8 Å². The van der Waals surface area contributed by atoms with Crippen molar-refractivity contribution in [2.45, 2.75) is 39.5 Å².